The molecule has 0 radical (unpaired) electrons. The molecule has 0 bridgehead atoms. The van der Waals surface area contributed by atoms with E-state index in [4.69, 9.17) is 0 Å². The lowest BCUT2D eigenvalue weighted by molar-refractivity contribution is 0.595. The SMILES string of the molecule is Cc1cc(NS(=O)(=O)c2c(C(C)C)cc(C(C)C)cc2C(C)C)ccc1Br. The van der Waals surface area contributed by atoms with Crippen LogP contribution in [0.3, 0.4) is 0 Å². The first-order valence-corrected chi connectivity index (χ1v) is 11.7. The van der Waals surface area contributed by atoms with Crippen LogP contribution in [0.4, 0.5) is 5.69 Å². The summed E-state index contributed by atoms with van der Waals surface area (Å²) >= 11 is 3.46. The van der Waals surface area contributed by atoms with E-state index in [0.29, 0.717) is 16.5 Å². The van der Waals surface area contributed by atoms with Crippen LogP contribution in [0.15, 0.2) is 39.7 Å². The van der Waals surface area contributed by atoms with Crippen molar-refractivity contribution in [2.75, 3.05) is 4.72 Å². The van der Waals surface area contributed by atoms with Crippen molar-refractivity contribution in [3.05, 3.63) is 57.1 Å². The van der Waals surface area contributed by atoms with Crippen LogP contribution in [-0.2, 0) is 10.0 Å². The maximum Gasteiger partial charge on any atom is 0.262 e. The van der Waals surface area contributed by atoms with E-state index in [1.807, 2.05) is 46.8 Å². The Kier molecular flexibility index (Phi) is 6.80. The first-order valence-electron chi connectivity index (χ1n) is 9.40. The molecule has 27 heavy (non-hydrogen) atoms. The van der Waals surface area contributed by atoms with Gasteiger partial charge in [-0.15, -0.1) is 0 Å². The summed E-state index contributed by atoms with van der Waals surface area (Å²) in [4.78, 5) is 0.428. The maximum absolute atomic E-state index is 13.4. The van der Waals surface area contributed by atoms with E-state index in [1.165, 1.54) is 5.56 Å². The highest BCUT2D eigenvalue weighted by Gasteiger charge is 2.27. The molecule has 0 aliphatic rings. The van der Waals surface area contributed by atoms with Gasteiger partial charge in [0.2, 0.25) is 0 Å². The molecule has 0 heterocycles. The number of benzene rings is 2. The molecule has 0 saturated carbocycles. The third-order valence-electron chi connectivity index (χ3n) is 4.76. The van der Waals surface area contributed by atoms with Crippen molar-refractivity contribution in [1.29, 1.82) is 0 Å². The topological polar surface area (TPSA) is 46.2 Å². The fourth-order valence-electron chi connectivity index (χ4n) is 3.11. The van der Waals surface area contributed by atoms with Crippen LogP contribution in [0.5, 0.6) is 0 Å². The zero-order valence-electron chi connectivity index (χ0n) is 17.2. The number of rotatable bonds is 6. The summed E-state index contributed by atoms with van der Waals surface area (Å²) in [5.41, 5.74) is 4.50. The van der Waals surface area contributed by atoms with Gasteiger partial charge in [0.15, 0.2) is 0 Å². The third kappa shape index (κ3) is 4.94. The summed E-state index contributed by atoms with van der Waals surface area (Å²) < 4.78 is 30.6. The van der Waals surface area contributed by atoms with E-state index in [-0.39, 0.29) is 11.8 Å². The Labute approximate surface area is 172 Å². The van der Waals surface area contributed by atoms with Gasteiger partial charge >= 0.3 is 0 Å². The largest absolute Gasteiger partial charge is 0.280 e. The van der Waals surface area contributed by atoms with Gasteiger partial charge in [-0.25, -0.2) is 8.42 Å². The van der Waals surface area contributed by atoms with Crippen LogP contribution in [0.1, 0.15) is 81.5 Å². The van der Waals surface area contributed by atoms with E-state index < -0.39 is 10.0 Å². The van der Waals surface area contributed by atoms with Gasteiger partial charge in [-0.2, -0.15) is 0 Å². The number of hydrogen-bond acceptors (Lipinski definition) is 2. The standard InChI is InChI=1S/C22H30BrNO2S/c1-13(2)17-11-19(14(3)4)22(20(12-17)15(5)6)27(25,26)24-18-8-9-21(23)16(7)10-18/h8-15,24H,1-7H3. The highest BCUT2D eigenvalue weighted by molar-refractivity contribution is 9.10. The summed E-state index contributed by atoms with van der Waals surface area (Å²) in [5, 5.41) is 0. The average Bonchev–Trinajstić information content (AvgIpc) is 2.56. The number of sulfonamides is 1. The fraction of sp³-hybridized carbons (Fsp3) is 0.455. The number of hydrogen-bond donors (Lipinski definition) is 1. The molecule has 0 saturated heterocycles. The second kappa shape index (κ2) is 8.36. The summed E-state index contributed by atoms with van der Waals surface area (Å²) in [7, 11) is -3.70. The first kappa shape index (κ1) is 22.0. The molecule has 3 nitrogen and oxygen atoms in total. The highest BCUT2D eigenvalue weighted by Crippen LogP contribution is 2.36. The lowest BCUT2D eigenvalue weighted by Crippen LogP contribution is -2.19. The molecular formula is C22H30BrNO2S. The van der Waals surface area contributed by atoms with Crippen molar-refractivity contribution in [2.45, 2.75) is 71.1 Å². The number of aryl methyl sites for hydroxylation is 1. The minimum atomic E-state index is -3.70. The van der Waals surface area contributed by atoms with Gasteiger partial charge in [0, 0.05) is 10.2 Å². The molecule has 2 aromatic carbocycles. The Balaban J connectivity index is 2.67. The predicted molar refractivity (Wildman–Crippen MR) is 118 cm³/mol. The normalized spacial score (nSPS) is 12.3. The van der Waals surface area contributed by atoms with Gasteiger partial charge in [0.1, 0.15) is 0 Å². The summed E-state index contributed by atoms with van der Waals surface area (Å²) in [6, 6.07) is 9.60. The highest BCUT2D eigenvalue weighted by atomic mass is 79.9. The molecule has 0 aliphatic heterocycles. The minimum Gasteiger partial charge on any atom is -0.280 e. The molecule has 0 aromatic heterocycles. The van der Waals surface area contributed by atoms with E-state index in [2.05, 4.69) is 46.6 Å². The molecule has 1 N–H and O–H groups in total. The van der Waals surface area contributed by atoms with Gasteiger partial charge in [-0.05, 0) is 65.1 Å². The molecule has 0 fully saturated rings. The Bertz CT molecular complexity index is 902. The Morgan fingerprint density at radius 2 is 1.37 bits per heavy atom. The second-order valence-corrected chi connectivity index (χ2v) is 10.5. The van der Waals surface area contributed by atoms with Crippen LogP contribution < -0.4 is 4.72 Å². The van der Waals surface area contributed by atoms with Gasteiger partial charge < -0.3 is 0 Å². The zero-order chi connectivity index (χ0) is 20.5. The molecule has 0 aliphatic carbocycles. The van der Waals surface area contributed by atoms with Gasteiger partial charge in [0.25, 0.3) is 10.0 Å². The van der Waals surface area contributed by atoms with E-state index in [1.54, 1.807) is 6.07 Å². The molecule has 0 unspecified atom stereocenters. The third-order valence-corrected chi connectivity index (χ3v) is 7.16. The first-order chi connectivity index (χ1) is 12.4. The van der Waals surface area contributed by atoms with Crippen LogP contribution in [0.2, 0.25) is 0 Å². The quantitative estimate of drug-likeness (QED) is 0.517. The summed E-state index contributed by atoms with van der Waals surface area (Å²) in [6.07, 6.45) is 0. The molecule has 0 atom stereocenters. The Hall–Kier alpha value is -1.33. The number of nitrogens with one attached hydrogen (secondary N) is 1. The van der Waals surface area contributed by atoms with Crippen molar-refractivity contribution < 1.29 is 8.42 Å². The van der Waals surface area contributed by atoms with E-state index in [0.717, 1.165) is 21.2 Å². The Morgan fingerprint density at radius 3 is 1.78 bits per heavy atom. The smallest absolute Gasteiger partial charge is 0.262 e. The molecule has 148 valence electrons. The second-order valence-electron chi connectivity index (χ2n) is 8.06. The van der Waals surface area contributed by atoms with Gasteiger partial charge in [-0.3, -0.25) is 4.72 Å². The fourth-order valence-corrected chi connectivity index (χ4v) is 5.11. The van der Waals surface area contributed by atoms with E-state index >= 15 is 0 Å². The van der Waals surface area contributed by atoms with Gasteiger partial charge in [-0.1, -0.05) is 69.6 Å². The van der Waals surface area contributed by atoms with Crippen LogP contribution in [0.25, 0.3) is 0 Å². The van der Waals surface area contributed by atoms with Crippen molar-refractivity contribution in [1.82, 2.24) is 0 Å². The molecule has 2 rings (SSSR count). The van der Waals surface area contributed by atoms with Crippen molar-refractivity contribution >= 4 is 31.6 Å². The van der Waals surface area contributed by atoms with Crippen LogP contribution >= 0.6 is 15.9 Å². The number of halogens is 1. The van der Waals surface area contributed by atoms with Crippen molar-refractivity contribution in [3.63, 3.8) is 0 Å². The van der Waals surface area contributed by atoms with Gasteiger partial charge in [0.05, 0.1) is 4.90 Å². The molecular weight excluding hydrogens is 422 g/mol. The lowest BCUT2D eigenvalue weighted by Gasteiger charge is -2.23. The lowest BCUT2D eigenvalue weighted by atomic mass is 9.89. The molecule has 2 aromatic rings. The van der Waals surface area contributed by atoms with Crippen LogP contribution in [-0.4, -0.2) is 8.42 Å². The van der Waals surface area contributed by atoms with Crippen molar-refractivity contribution in [2.24, 2.45) is 0 Å². The molecule has 0 spiro atoms. The zero-order valence-corrected chi connectivity index (χ0v) is 19.6. The molecule has 0 amide bonds. The van der Waals surface area contributed by atoms with Crippen LogP contribution in [0, 0.1) is 6.92 Å². The Morgan fingerprint density at radius 1 is 0.852 bits per heavy atom. The summed E-state index contributed by atoms with van der Waals surface area (Å²) in [5.74, 6) is 0.567. The van der Waals surface area contributed by atoms with Crippen molar-refractivity contribution in [3.8, 4) is 0 Å². The summed E-state index contributed by atoms with van der Waals surface area (Å²) in [6.45, 7) is 14.4. The predicted octanol–water partition coefficient (Wildman–Crippen LogP) is 6.93. The molecule has 5 heteroatoms. The average molecular weight is 452 g/mol. The minimum absolute atomic E-state index is 0.111. The maximum atomic E-state index is 13.4. The van der Waals surface area contributed by atoms with E-state index in [9.17, 15) is 8.42 Å². The number of anilines is 1. The monoisotopic (exact) mass is 451 g/mol.